The molecule has 134 valence electrons. The summed E-state index contributed by atoms with van der Waals surface area (Å²) in [4.78, 5) is 24.4. The van der Waals surface area contributed by atoms with E-state index in [1.165, 1.54) is 6.42 Å². The third kappa shape index (κ3) is 5.08. The first-order valence-corrected chi connectivity index (χ1v) is 9.23. The summed E-state index contributed by atoms with van der Waals surface area (Å²) in [7, 11) is 0. The molecule has 5 heteroatoms. The molecule has 2 aliphatic rings. The minimum Gasteiger partial charge on any atom is -0.488 e. The van der Waals surface area contributed by atoms with Gasteiger partial charge in [-0.25, -0.2) is 0 Å². The zero-order valence-electron chi connectivity index (χ0n) is 14.6. The predicted octanol–water partition coefficient (Wildman–Crippen LogP) is 3.52. The number of hydrogen-bond donors (Lipinski definition) is 2. The molecule has 0 saturated heterocycles. The predicted molar refractivity (Wildman–Crippen MR) is 96.8 cm³/mol. The standard InChI is InChI=1S/C20H26N2O3/c23-19(16-8-2-1-3-9-16)22-17-10-6-7-15(13-17)14-21-20(24)18-11-4-5-12-25-18/h6-7,10-11,13,16H,1-5,8-9,12,14H2,(H,21,24)(H,22,23). The molecule has 25 heavy (non-hydrogen) atoms. The molecule has 0 atom stereocenters. The second kappa shape index (κ2) is 8.70. The summed E-state index contributed by atoms with van der Waals surface area (Å²) in [6.45, 7) is 1.01. The molecule has 1 aromatic rings. The van der Waals surface area contributed by atoms with Crippen molar-refractivity contribution in [1.82, 2.24) is 5.32 Å². The van der Waals surface area contributed by atoms with Gasteiger partial charge in [-0.15, -0.1) is 0 Å². The van der Waals surface area contributed by atoms with Crippen LogP contribution in [0.5, 0.6) is 0 Å². The molecule has 0 bridgehead atoms. The van der Waals surface area contributed by atoms with Crippen LogP contribution in [-0.2, 0) is 20.9 Å². The third-order valence-corrected chi connectivity index (χ3v) is 4.78. The van der Waals surface area contributed by atoms with Gasteiger partial charge in [-0.05, 0) is 49.5 Å². The van der Waals surface area contributed by atoms with Crippen LogP contribution >= 0.6 is 0 Å². The lowest BCUT2D eigenvalue weighted by Crippen LogP contribution is -2.27. The summed E-state index contributed by atoms with van der Waals surface area (Å²) in [5.74, 6) is 0.471. The van der Waals surface area contributed by atoms with Crippen molar-refractivity contribution >= 4 is 17.5 Å². The van der Waals surface area contributed by atoms with E-state index in [2.05, 4.69) is 10.6 Å². The lowest BCUT2D eigenvalue weighted by atomic mass is 9.88. The molecule has 1 aliphatic carbocycles. The smallest absolute Gasteiger partial charge is 0.286 e. The van der Waals surface area contributed by atoms with Gasteiger partial charge >= 0.3 is 0 Å². The maximum absolute atomic E-state index is 12.3. The maximum atomic E-state index is 12.3. The molecule has 1 aromatic carbocycles. The van der Waals surface area contributed by atoms with Crippen LogP contribution < -0.4 is 10.6 Å². The number of amides is 2. The largest absolute Gasteiger partial charge is 0.488 e. The fourth-order valence-corrected chi connectivity index (χ4v) is 3.35. The Morgan fingerprint density at radius 3 is 2.72 bits per heavy atom. The molecule has 3 rings (SSSR count). The van der Waals surface area contributed by atoms with Gasteiger partial charge in [0.2, 0.25) is 5.91 Å². The van der Waals surface area contributed by atoms with E-state index < -0.39 is 0 Å². The molecule has 2 N–H and O–H groups in total. The van der Waals surface area contributed by atoms with Crippen LogP contribution in [0.15, 0.2) is 36.1 Å². The van der Waals surface area contributed by atoms with Gasteiger partial charge < -0.3 is 15.4 Å². The summed E-state index contributed by atoms with van der Waals surface area (Å²) in [6.07, 6.45) is 9.15. The lowest BCUT2D eigenvalue weighted by Gasteiger charge is -2.21. The molecular weight excluding hydrogens is 316 g/mol. The van der Waals surface area contributed by atoms with Gasteiger partial charge in [0.05, 0.1) is 6.61 Å². The number of hydrogen-bond acceptors (Lipinski definition) is 3. The number of carbonyl (C=O) groups is 2. The number of allylic oxidation sites excluding steroid dienone is 1. The van der Waals surface area contributed by atoms with Crippen LogP contribution in [0.3, 0.4) is 0 Å². The first-order chi connectivity index (χ1) is 12.2. The van der Waals surface area contributed by atoms with Crippen LogP contribution in [0, 0.1) is 5.92 Å². The van der Waals surface area contributed by atoms with Crippen LogP contribution in [-0.4, -0.2) is 18.4 Å². The summed E-state index contributed by atoms with van der Waals surface area (Å²) < 4.78 is 5.36. The molecule has 0 unspecified atom stereocenters. The highest BCUT2D eigenvalue weighted by Gasteiger charge is 2.21. The SMILES string of the molecule is O=C(NCc1cccc(NC(=O)C2CCCCC2)c1)C1=CCCCO1. The van der Waals surface area contributed by atoms with Gasteiger partial charge in [-0.3, -0.25) is 9.59 Å². The topological polar surface area (TPSA) is 67.4 Å². The minimum absolute atomic E-state index is 0.113. The highest BCUT2D eigenvalue weighted by Crippen LogP contribution is 2.25. The minimum atomic E-state index is -0.184. The number of carbonyl (C=O) groups excluding carboxylic acids is 2. The van der Waals surface area contributed by atoms with Crippen molar-refractivity contribution in [3.05, 3.63) is 41.7 Å². The van der Waals surface area contributed by atoms with Crippen molar-refractivity contribution in [3.8, 4) is 0 Å². The number of anilines is 1. The van der Waals surface area contributed by atoms with Gasteiger partial charge in [-0.1, -0.05) is 31.4 Å². The van der Waals surface area contributed by atoms with Gasteiger partial charge in [0.15, 0.2) is 5.76 Å². The second-order valence-electron chi connectivity index (χ2n) is 6.77. The normalized spacial score (nSPS) is 18.0. The Bertz CT molecular complexity index is 648. The Morgan fingerprint density at radius 1 is 1.12 bits per heavy atom. The molecule has 5 nitrogen and oxygen atoms in total. The molecule has 0 spiro atoms. The monoisotopic (exact) mass is 342 g/mol. The highest BCUT2D eigenvalue weighted by molar-refractivity contribution is 5.93. The number of rotatable bonds is 5. The van der Waals surface area contributed by atoms with Crippen molar-refractivity contribution in [2.24, 2.45) is 5.92 Å². The van der Waals surface area contributed by atoms with Crippen molar-refractivity contribution in [3.63, 3.8) is 0 Å². The first kappa shape index (κ1) is 17.5. The quantitative estimate of drug-likeness (QED) is 0.860. The molecular formula is C20H26N2O3. The number of benzene rings is 1. The van der Waals surface area contributed by atoms with E-state index in [4.69, 9.17) is 4.74 Å². The second-order valence-corrected chi connectivity index (χ2v) is 6.77. The summed E-state index contributed by atoms with van der Waals surface area (Å²) in [6, 6.07) is 7.64. The fourth-order valence-electron chi connectivity index (χ4n) is 3.35. The van der Waals surface area contributed by atoms with Crippen molar-refractivity contribution in [1.29, 1.82) is 0 Å². The summed E-state index contributed by atoms with van der Waals surface area (Å²) in [5, 5.41) is 5.88. The van der Waals surface area contributed by atoms with E-state index in [0.29, 0.717) is 18.9 Å². The van der Waals surface area contributed by atoms with E-state index in [0.717, 1.165) is 49.8 Å². The van der Waals surface area contributed by atoms with E-state index >= 15 is 0 Å². The van der Waals surface area contributed by atoms with Crippen LogP contribution in [0.4, 0.5) is 5.69 Å². The maximum Gasteiger partial charge on any atom is 0.286 e. The molecule has 2 amide bonds. The molecule has 1 aliphatic heterocycles. The number of nitrogens with one attached hydrogen (secondary N) is 2. The van der Waals surface area contributed by atoms with E-state index in [-0.39, 0.29) is 17.7 Å². The average molecular weight is 342 g/mol. The lowest BCUT2D eigenvalue weighted by molar-refractivity contribution is -0.121. The molecule has 1 fully saturated rings. The zero-order valence-corrected chi connectivity index (χ0v) is 14.6. The summed E-state index contributed by atoms with van der Waals surface area (Å²) >= 11 is 0. The van der Waals surface area contributed by atoms with Gasteiger partial charge in [-0.2, -0.15) is 0 Å². The van der Waals surface area contributed by atoms with Gasteiger partial charge in [0.25, 0.3) is 5.91 Å². The zero-order chi connectivity index (χ0) is 17.5. The van der Waals surface area contributed by atoms with Gasteiger partial charge in [0, 0.05) is 18.2 Å². The summed E-state index contributed by atoms with van der Waals surface area (Å²) in [5.41, 5.74) is 1.74. The Balaban J connectivity index is 1.53. The average Bonchev–Trinajstić information content (AvgIpc) is 2.68. The molecule has 1 heterocycles. The molecule has 1 saturated carbocycles. The third-order valence-electron chi connectivity index (χ3n) is 4.78. The number of ether oxygens (including phenoxy) is 1. The Morgan fingerprint density at radius 2 is 1.96 bits per heavy atom. The van der Waals surface area contributed by atoms with Crippen LogP contribution in [0.2, 0.25) is 0 Å². The Labute approximate surface area is 148 Å². The van der Waals surface area contributed by atoms with Gasteiger partial charge in [0.1, 0.15) is 0 Å². The first-order valence-electron chi connectivity index (χ1n) is 9.23. The Kier molecular flexibility index (Phi) is 6.09. The van der Waals surface area contributed by atoms with E-state index in [9.17, 15) is 9.59 Å². The highest BCUT2D eigenvalue weighted by atomic mass is 16.5. The molecule has 0 aromatic heterocycles. The van der Waals surface area contributed by atoms with Crippen LogP contribution in [0.1, 0.15) is 50.5 Å². The Hall–Kier alpha value is -2.30. The van der Waals surface area contributed by atoms with Crippen molar-refractivity contribution in [2.75, 3.05) is 11.9 Å². The van der Waals surface area contributed by atoms with E-state index in [1.807, 2.05) is 30.3 Å². The van der Waals surface area contributed by atoms with Crippen LogP contribution in [0.25, 0.3) is 0 Å². The molecule has 0 radical (unpaired) electrons. The van der Waals surface area contributed by atoms with Crippen molar-refractivity contribution < 1.29 is 14.3 Å². The van der Waals surface area contributed by atoms with E-state index in [1.54, 1.807) is 0 Å². The van der Waals surface area contributed by atoms with Crippen molar-refractivity contribution in [2.45, 2.75) is 51.5 Å². The fraction of sp³-hybridized carbons (Fsp3) is 0.500.